The summed E-state index contributed by atoms with van der Waals surface area (Å²) in [6.07, 6.45) is 1.82. The van der Waals surface area contributed by atoms with Gasteiger partial charge in [-0.05, 0) is 12.5 Å². The molecule has 1 aromatic heterocycles. The van der Waals surface area contributed by atoms with Crippen molar-refractivity contribution in [3.63, 3.8) is 0 Å². The lowest BCUT2D eigenvalue weighted by molar-refractivity contribution is 0.0722. The molecule has 18 heavy (non-hydrogen) atoms. The molecular formula is C12H18FN3O2. The van der Waals surface area contributed by atoms with Crippen molar-refractivity contribution >= 4 is 11.7 Å². The Labute approximate surface area is 106 Å². The van der Waals surface area contributed by atoms with Crippen molar-refractivity contribution in [3.8, 4) is 0 Å². The van der Waals surface area contributed by atoms with E-state index in [1.54, 1.807) is 7.05 Å². The van der Waals surface area contributed by atoms with Crippen molar-refractivity contribution in [2.45, 2.75) is 13.3 Å². The number of hydrogen-bond donors (Lipinski definition) is 2. The molecule has 0 aliphatic heterocycles. The van der Waals surface area contributed by atoms with Gasteiger partial charge in [0, 0.05) is 20.1 Å². The average molecular weight is 255 g/mol. The number of aliphatic hydroxyl groups excluding tert-OH is 1. The molecule has 2 N–H and O–H groups in total. The second-order valence-electron chi connectivity index (χ2n) is 3.82. The molecular weight excluding hydrogens is 237 g/mol. The van der Waals surface area contributed by atoms with E-state index in [9.17, 15) is 9.18 Å². The highest BCUT2D eigenvalue weighted by Crippen LogP contribution is 2.15. The topological polar surface area (TPSA) is 65.5 Å². The summed E-state index contributed by atoms with van der Waals surface area (Å²) in [5, 5.41) is 11.7. The Kier molecular flexibility index (Phi) is 5.51. The number of anilines is 1. The Balaban J connectivity index is 3.02. The lowest BCUT2D eigenvalue weighted by atomic mass is 10.2. The Morgan fingerprint density at radius 2 is 2.28 bits per heavy atom. The van der Waals surface area contributed by atoms with Gasteiger partial charge in [-0.15, -0.1) is 0 Å². The molecule has 1 heterocycles. The third-order valence-corrected chi connectivity index (χ3v) is 2.47. The summed E-state index contributed by atoms with van der Waals surface area (Å²) in [5.74, 6) is -0.555. The maximum atomic E-state index is 13.2. The van der Waals surface area contributed by atoms with Crippen LogP contribution in [-0.2, 0) is 0 Å². The van der Waals surface area contributed by atoms with E-state index in [1.807, 2.05) is 6.92 Å². The molecule has 0 aliphatic rings. The minimum Gasteiger partial charge on any atom is -0.395 e. The first-order chi connectivity index (χ1) is 8.63. The number of nitrogens with zero attached hydrogens (tertiary/aromatic N) is 2. The Morgan fingerprint density at radius 1 is 1.56 bits per heavy atom. The first-order valence-corrected chi connectivity index (χ1v) is 5.87. The summed E-state index contributed by atoms with van der Waals surface area (Å²) in [6.45, 7) is 2.55. The molecule has 0 spiro atoms. The average Bonchev–Trinajstić information content (AvgIpc) is 2.37. The highest BCUT2D eigenvalue weighted by molar-refractivity contribution is 5.98. The van der Waals surface area contributed by atoms with E-state index in [1.165, 1.54) is 4.90 Å². The van der Waals surface area contributed by atoms with Crippen molar-refractivity contribution in [1.82, 2.24) is 9.88 Å². The number of aromatic nitrogens is 1. The highest BCUT2D eigenvalue weighted by Gasteiger charge is 2.19. The van der Waals surface area contributed by atoms with E-state index >= 15 is 0 Å². The number of rotatable bonds is 6. The lowest BCUT2D eigenvalue weighted by Crippen LogP contribution is -2.34. The number of amides is 1. The third-order valence-electron chi connectivity index (χ3n) is 2.47. The first-order valence-electron chi connectivity index (χ1n) is 5.87. The van der Waals surface area contributed by atoms with E-state index in [-0.39, 0.29) is 24.6 Å². The quantitative estimate of drug-likeness (QED) is 0.799. The maximum Gasteiger partial charge on any atom is 0.257 e. The second-order valence-corrected chi connectivity index (χ2v) is 3.82. The van der Waals surface area contributed by atoms with Gasteiger partial charge in [0.15, 0.2) is 0 Å². The summed E-state index contributed by atoms with van der Waals surface area (Å²) in [5.41, 5.74) is 0.180. The van der Waals surface area contributed by atoms with Crippen molar-refractivity contribution in [3.05, 3.63) is 23.6 Å². The van der Waals surface area contributed by atoms with E-state index < -0.39 is 5.82 Å². The molecule has 0 saturated carbocycles. The molecule has 100 valence electrons. The number of carbonyl (C=O) groups excluding carboxylic acids is 1. The summed E-state index contributed by atoms with van der Waals surface area (Å²) in [7, 11) is 1.62. The molecule has 0 saturated heterocycles. The van der Waals surface area contributed by atoms with Gasteiger partial charge in [0.1, 0.15) is 11.6 Å². The third kappa shape index (κ3) is 3.40. The van der Waals surface area contributed by atoms with Crippen LogP contribution in [0.15, 0.2) is 12.3 Å². The van der Waals surface area contributed by atoms with Gasteiger partial charge < -0.3 is 15.3 Å². The molecule has 0 atom stereocenters. The maximum absolute atomic E-state index is 13.2. The number of pyridine rings is 1. The first kappa shape index (κ1) is 14.4. The van der Waals surface area contributed by atoms with Crippen LogP contribution in [0.4, 0.5) is 10.2 Å². The van der Waals surface area contributed by atoms with Gasteiger partial charge in [-0.1, -0.05) is 6.92 Å². The SMILES string of the molecule is CCCN(CCO)C(=O)c1cc(F)cnc1NC. The zero-order valence-corrected chi connectivity index (χ0v) is 10.6. The van der Waals surface area contributed by atoms with Gasteiger partial charge in [0.25, 0.3) is 5.91 Å². The Morgan fingerprint density at radius 3 is 2.83 bits per heavy atom. The normalized spacial score (nSPS) is 10.2. The molecule has 0 aliphatic carbocycles. The molecule has 1 amide bonds. The van der Waals surface area contributed by atoms with Crippen LogP contribution in [0, 0.1) is 5.82 Å². The van der Waals surface area contributed by atoms with Crippen LogP contribution in [-0.4, -0.2) is 47.6 Å². The van der Waals surface area contributed by atoms with Crippen LogP contribution in [0.5, 0.6) is 0 Å². The van der Waals surface area contributed by atoms with Crippen molar-refractivity contribution in [2.75, 3.05) is 32.1 Å². The van der Waals surface area contributed by atoms with E-state index in [4.69, 9.17) is 5.11 Å². The van der Waals surface area contributed by atoms with Gasteiger partial charge in [0.05, 0.1) is 18.4 Å². The summed E-state index contributed by atoms with van der Waals surface area (Å²) in [6, 6.07) is 1.15. The molecule has 0 bridgehead atoms. The standard InChI is InChI=1S/C12H18FN3O2/c1-3-4-16(5-6-17)12(18)10-7-9(13)8-15-11(10)14-2/h7-8,17H,3-6H2,1-2H3,(H,14,15). The van der Waals surface area contributed by atoms with Gasteiger partial charge >= 0.3 is 0 Å². The molecule has 0 radical (unpaired) electrons. The van der Waals surface area contributed by atoms with Crippen LogP contribution in [0.1, 0.15) is 23.7 Å². The van der Waals surface area contributed by atoms with E-state index in [2.05, 4.69) is 10.3 Å². The minimum atomic E-state index is -0.558. The fourth-order valence-electron chi connectivity index (χ4n) is 1.68. The zero-order chi connectivity index (χ0) is 13.5. The Bertz CT molecular complexity index is 406. The smallest absolute Gasteiger partial charge is 0.257 e. The number of nitrogens with one attached hydrogen (secondary N) is 1. The minimum absolute atomic E-state index is 0.122. The molecule has 5 nitrogen and oxygen atoms in total. The van der Waals surface area contributed by atoms with Crippen LogP contribution in [0.3, 0.4) is 0 Å². The van der Waals surface area contributed by atoms with Crippen LogP contribution >= 0.6 is 0 Å². The molecule has 6 heteroatoms. The van der Waals surface area contributed by atoms with Gasteiger partial charge in [-0.3, -0.25) is 4.79 Å². The van der Waals surface area contributed by atoms with Gasteiger partial charge in [-0.2, -0.15) is 0 Å². The largest absolute Gasteiger partial charge is 0.395 e. The van der Waals surface area contributed by atoms with Crippen LogP contribution in [0.25, 0.3) is 0 Å². The predicted molar refractivity (Wildman–Crippen MR) is 67.0 cm³/mol. The summed E-state index contributed by atoms with van der Waals surface area (Å²) < 4.78 is 13.2. The second kappa shape index (κ2) is 6.90. The fraction of sp³-hybridized carbons (Fsp3) is 0.500. The molecule has 1 aromatic rings. The lowest BCUT2D eigenvalue weighted by Gasteiger charge is -2.22. The van der Waals surface area contributed by atoms with E-state index in [0.29, 0.717) is 12.4 Å². The molecule has 1 rings (SSSR count). The molecule has 0 fully saturated rings. The predicted octanol–water partition coefficient (Wildman–Crippen LogP) is 1.11. The number of hydrogen-bond acceptors (Lipinski definition) is 4. The number of halogens is 1. The van der Waals surface area contributed by atoms with Crippen molar-refractivity contribution in [2.24, 2.45) is 0 Å². The fourth-order valence-corrected chi connectivity index (χ4v) is 1.68. The van der Waals surface area contributed by atoms with Crippen molar-refractivity contribution in [1.29, 1.82) is 0 Å². The summed E-state index contributed by atoms with van der Waals surface area (Å²) >= 11 is 0. The number of carbonyl (C=O) groups is 1. The highest BCUT2D eigenvalue weighted by atomic mass is 19.1. The van der Waals surface area contributed by atoms with E-state index in [0.717, 1.165) is 18.7 Å². The monoisotopic (exact) mass is 255 g/mol. The van der Waals surface area contributed by atoms with Gasteiger partial charge in [-0.25, -0.2) is 9.37 Å². The Hall–Kier alpha value is -1.69. The van der Waals surface area contributed by atoms with Gasteiger partial charge in [0.2, 0.25) is 0 Å². The summed E-state index contributed by atoms with van der Waals surface area (Å²) in [4.78, 5) is 17.5. The van der Waals surface area contributed by atoms with Crippen LogP contribution in [0.2, 0.25) is 0 Å². The number of aliphatic hydroxyl groups is 1. The zero-order valence-electron chi connectivity index (χ0n) is 10.6. The van der Waals surface area contributed by atoms with Crippen LogP contribution < -0.4 is 5.32 Å². The molecule has 0 unspecified atom stereocenters. The molecule has 0 aromatic carbocycles. The van der Waals surface area contributed by atoms with Crippen molar-refractivity contribution < 1.29 is 14.3 Å².